The minimum absolute atomic E-state index is 0.174. The average Bonchev–Trinajstić information content (AvgIpc) is 2.93. The number of rotatable bonds is 4. The Hall–Kier alpha value is -2.70. The quantitative estimate of drug-likeness (QED) is 0.869. The first-order valence-electron chi connectivity index (χ1n) is 7.74. The molecule has 0 aliphatic heterocycles. The van der Waals surface area contributed by atoms with Crippen LogP contribution in [0.25, 0.3) is 5.69 Å². The number of Topliss-reactive ketones (excluding diaryl/α,β-unsaturated/α-hetero) is 1. The summed E-state index contributed by atoms with van der Waals surface area (Å²) in [5, 5.41) is 6.85. The molecule has 0 aromatic carbocycles. The van der Waals surface area contributed by atoms with Gasteiger partial charge in [-0.1, -0.05) is 6.92 Å². The molecule has 0 aliphatic rings. The van der Waals surface area contributed by atoms with E-state index in [2.05, 4.69) is 15.4 Å². The number of anilines is 1. The molecular formula is C17H22N4O3. The Morgan fingerprint density at radius 1 is 1.29 bits per heavy atom. The number of hydrogen-bond acceptors (Lipinski definition) is 5. The van der Waals surface area contributed by atoms with Crippen molar-refractivity contribution in [3.05, 3.63) is 35.9 Å². The molecular weight excluding hydrogens is 308 g/mol. The predicted octanol–water partition coefficient (Wildman–Crippen LogP) is 3.38. The Bertz CT molecular complexity index is 759. The molecule has 2 aromatic rings. The largest absolute Gasteiger partial charge is 0.444 e. The van der Waals surface area contributed by atoms with Crippen LogP contribution in [-0.2, 0) is 11.2 Å². The predicted molar refractivity (Wildman–Crippen MR) is 90.6 cm³/mol. The van der Waals surface area contributed by atoms with Gasteiger partial charge in [-0.3, -0.25) is 10.1 Å². The van der Waals surface area contributed by atoms with Crippen molar-refractivity contribution in [2.24, 2.45) is 0 Å². The molecule has 2 heterocycles. The van der Waals surface area contributed by atoms with Gasteiger partial charge in [-0.2, -0.15) is 5.10 Å². The van der Waals surface area contributed by atoms with E-state index in [4.69, 9.17) is 4.74 Å². The van der Waals surface area contributed by atoms with Gasteiger partial charge in [0.25, 0.3) is 0 Å². The molecule has 0 saturated heterocycles. The lowest BCUT2D eigenvalue weighted by Crippen LogP contribution is -2.28. The number of pyridine rings is 1. The standard InChI is InChI=1S/C17H22N4O3/c1-6-12-8-19-21(10-12)13-7-14(15(11(2)22)18-9-13)20-16(23)24-17(3,4)5/h7-10H,6H2,1-5H3,(H,20,23). The molecule has 1 N–H and O–H groups in total. The van der Waals surface area contributed by atoms with Crippen LogP contribution in [0.1, 0.15) is 50.7 Å². The van der Waals surface area contributed by atoms with Gasteiger partial charge in [0, 0.05) is 13.1 Å². The summed E-state index contributed by atoms with van der Waals surface area (Å²) < 4.78 is 6.88. The molecule has 2 aromatic heterocycles. The number of ether oxygens (including phenoxy) is 1. The molecule has 0 radical (unpaired) electrons. The van der Waals surface area contributed by atoms with Gasteiger partial charge < -0.3 is 4.74 Å². The highest BCUT2D eigenvalue weighted by Gasteiger charge is 2.19. The summed E-state index contributed by atoms with van der Waals surface area (Å²) in [6, 6.07) is 1.65. The highest BCUT2D eigenvalue weighted by Crippen LogP contribution is 2.20. The van der Waals surface area contributed by atoms with Crippen molar-refractivity contribution in [3.8, 4) is 5.69 Å². The van der Waals surface area contributed by atoms with Gasteiger partial charge >= 0.3 is 6.09 Å². The molecule has 7 nitrogen and oxygen atoms in total. The van der Waals surface area contributed by atoms with E-state index in [1.165, 1.54) is 6.92 Å². The van der Waals surface area contributed by atoms with E-state index in [0.29, 0.717) is 11.4 Å². The van der Waals surface area contributed by atoms with Gasteiger partial charge in [-0.05, 0) is 38.8 Å². The topological polar surface area (TPSA) is 86.1 Å². The molecule has 0 aliphatic carbocycles. The number of carbonyl (C=O) groups is 2. The van der Waals surface area contributed by atoms with Crippen molar-refractivity contribution in [1.29, 1.82) is 0 Å². The zero-order valence-corrected chi connectivity index (χ0v) is 14.6. The minimum atomic E-state index is -0.640. The van der Waals surface area contributed by atoms with Crippen LogP contribution in [-0.4, -0.2) is 32.2 Å². The smallest absolute Gasteiger partial charge is 0.412 e. The third-order valence-corrected chi connectivity index (χ3v) is 3.15. The first-order chi connectivity index (χ1) is 11.2. The van der Waals surface area contributed by atoms with Crippen molar-refractivity contribution in [2.75, 3.05) is 5.32 Å². The third kappa shape index (κ3) is 4.41. The van der Waals surface area contributed by atoms with E-state index in [1.54, 1.807) is 43.9 Å². The fraction of sp³-hybridized carbons (Fsp3) is 0.412. The van der Waals surface area contributed by atoms with E-state index in [1.807, 2.05) is 13.1 Å². The zero-order chi connectivity index (χ0) is 17.9. The minimum Gasteiger partial charge on any atom is -0.444 e. The van der Waals surface area contributed by atoms with Crippen LogP contribution in [0.3, 0.4) is 0 Å². The summed E-state index contributed by atoms with van der Waals surface area (Å²) in [5.41, 5.74) is 1.55. The summed E-state index contributed by atoms with van der Waals surface area (Å²) in [5.74, 6) is -0.248. The lowest BCUT2D eigenvalue weighted by Gasteiger charge is -2.20. The number of aromatic nitrogens is 3. The van der Waals surface area contributed by atoms with Crippen LogP contribution in [0, 0.1) is 0 Å². The normalized spacial score (nSPS) is 11.2. The Balaban J connectivity index is 2.34. The highest BCUT2D eigenvalue weighted by molar-refractivity contribution is 6.01. The second-order valence-electron chi connectivity index (χ2n) is 6.42. The van der Waals surface area contributed by atoms with Gasteiger partial charge in [0.15, 0.2) is 5.78 Å². The van der Waals surface area contributed by atoms with Gasteiger partial charge in [-0.25, -0.2) is 14.5 Å². The number of amides is 1. The van der Waals surface area contributed by atoms with Crippen molar-refractivity contribution in [1.82, 2.24) is 14.8 Å². The molecule has 0 atom stereocenters. The van der Waals surface area contributed by atoms with E-state index in [9.17, 15) is 9.59 Å². The molecule has 128 valence electrons. The zero-order valence-electron chi connectivity index (χ0n) is 14.6. The van der Waals surface area contributed by atoms with Crippen LogP contribution in [0.2, 0.25) is 0 Å². The number of nitrogens with zero attached hydrogens (tertiary/aromatic N) is 3. The van der Waals surface area contributed by atoms with Gasteiger partial charge in [0.2, 0.25) is 0 Å². The van der Waals surface area contributed by atoms with E-state index in [0.717, 1.165) is 12.0 Å². The summed E-state index contributed by atoms with van der Waals surface area (Å²) >= 11 is 0. The van der Waals surface area contributed by atoms with Crippen LogP contribution in [0.4, 0.5) is 10.5 Å². The number of hydrogen-bond donors (Lipinski definition) is 1. The fourth-order valence-corrected chi connectivity index (χ4v) is 2.05. The molecule has 0 bridgehead atoms. The number of carbonyl (C=O) groups excluding carboxylic acids is 2. The van der Waals surface area contributed by atoms with Crippen LogP contribution < -0.4 is 5.32 Å². The monoisotopic (exact) mass is 330 g/mol. The van der Waals surface area contributed by atoms with Crippen LogP contribution >= 0.6 is 0 Å². The van der Waals surface area contributed by atoms with Gasteiger partial charge in [0.05, 0.1) is 23.8 Å². The second-order valence-corrected chi connectivity index (χ2v) is 6.42. The maximum absolute atomic E-state index is 12.0. The Morgan fingerprint density at radius 2 is 2.00 bits per heavy atom. The van der Waals surface area contributed by atoms with Crippen LogP contribution in [0.5, 0.6) is 0 Å². The SMILES string of the molecule is CCc1cnn(-c2cnc(C(C)=O)c(NC(=O)OC(C)(C)C)c2)c1. The van der Waals surface area contributed by atoms with Crippen molar-refractivity contribution in [3.63, 3.8) is 0 Å². The molecule has 24 heavy (non-hydrogen) atoms. The Morgan fingerprint density at radius 3 is 2.54 bits per heavy atom. The molecule has 2 rings (SSSR count). The number of ketones is 1. The fourth-order valence-electron chi connectivity index (χ4n) is 2.05. The molecule has 0 fully saturated rings. The first-order valence-corrected chi connectivity index (χ1v) is 7.74. The summed E-state index contributed by atoms with van der Waals surface area (Å²) in [6.45, 7) is 8.73. The average molecular weight is 330 g/mol. The molecule has 0 saturated carbocycles. The van der Waals surface area contributed by atoms with Gasteiger partial charge in [-0.15, -0.1) is 0 Å². The molecule has 7 heteroatoms. The van der Waals surface area contributed by atoms with E-state index in [-0.39, 0.29) is 11.5 Å². The maximum Gasteiger partial charge on any atom is 0.412 e. The summed E-state index contributed by atoms with van der Waals surface area (Å²) in [6.07, 6.45) is 5.41. The van der Waals surface area contributed by atoms with Crippen molar-refractivity contribution >= 4 is 17.6 Å². The maximum atomic E-state index is 12.0. The van der Waals surface area contributed by atoms with E-state index >= 15 is 0 Å². The Kier molecular flexibility index (Phi) is 5.02. The van der Waals surface area contributed by atoms with Crippen LogP contribution in [0.15, 0.2) is 24.7 Å². The number of aryl methyl sites for hydroxylation is 1. The van der Waals surface area contributed by atoms with E-state index < -0.39 is 11.7 Å². The summed E-state index contributed by atoms with van der Waals surface area (Å²) in [4.78, 5) is 27.9. The molecule has 0 spiro atoms. The number of nitrogens with one attached hydrogen (secondary N) is 1. The molecule has 1 amide bonds. The highest BCUT2D eigenvalue weighted by atomic mass is 16.6. The lowest BCUT2D eigenvalue weighted by atomic mass is 10.2. The van der Waals surface area contributed by atoms with Crippen molar-refractivity contribution < 1.29 is 14.3 Å². The van der Waals surface area contributed by atoms with Gasteiger partial charge in [0.1, 0.15) is 11.3 Å². The lowest BCUT2D eigenvalue weighted by molar-refractivity contribution is 0.0636. The third-order valence-electron chi connectivity index (χ3n) is 3.15. The second kappa shape index (κ2) is 6.82. The first kappa shape index (κ1) is 17.7. The Labute approximate surface area is 141 Å². The molecule has 0 unspecified atom stereocenters. The summed E-state index contributed by atoms with van der Waals surface area (Å²) in [7, 11) is 0. The van der Waals surface area contributed by atoms with Crippen molar-refractivity contribution in [2.45, 2.75) is 46.6 Å².